The smallest absolute Gasteiger partial charge is 0.411 e. The van der Waals surface area contributed by atoms with Gasteiger partial charge in [-0.3, -0.25) is 0 Å². The van der Waals surface area contributed by atoms with Crippen molar-refractivity contribution in [3.05, 3.63) is 25.7 Å². The molecule has 0 radical (unpaired) electrons. The molecule has 0 unspecified atom stereocenters. The van der Waals surface area contributed by atoms with E-state index in [1.165, 1.54) is 0 Å². The summed E-state index contributed by atoms with van der Waals surface area (Å²) in [6.45, 7) is 5.55. The molecule has 0 amide bonds. The zero-order valence-electron chi connectivity index (χ0n) is 12.5. The quantitative estimate of drug-likeness (QED) is 0.184. The normalized spacial score (nSPS) is 12.4. The van der Waals surface area contributed by atoms with E-state index in [9.17, 15) is 35.9 Å². The average molecular weight is 380 g/mol. The Morgan fingerprint density at radius 1 is 1.00 bits per heavy atom. The van der Waals surface area contributed by atoms with Crippen LogP contribution >= 0.6 is 0 Å². The van der Waals surface area contributed by atoms with Crippen LogP contribution in [0, 0.1) is 0 Å². The fourth-order valence-corrected chi connectivity index (χ4v) is 1.35. The highest BCUT2D eigenvalue weighted by atomic mass is 19.3. The van der Waals surface area contributed by atoms with Crippen LogP contribution in [0.15, 0.2) is 25.7 Å². The van der Waals surface area contributed by atoms with Crippen LogP contribution in [0.2, 0.25) is 0 Å². The molecule has 144 valence electrons. The molecule has 0 aliphatic heterocycles. The number of carbonyl (C=O) groups excluding carboxylic acids is 1. The zero-order chi connectivity index (χ0) is 19.9. The molecule has 0 spiro atoms. The van der Waals surface area contributed by atoms with Crippen molar-refractivity contribution in [3.63, 3.8) is 0 Å². The number of hydrogen-bond donors (Lipinski definition) is 1. The zero-order valence-corrected chi connectivity index (χ0v) is 12.5. The third-order valence-electron chi connectivity index (χ3n) is 2.63. The molecule has 0 aliphatic carbocycles. The van der Waals surface area contributed by atoms with Gasteiger partial charge in [-0.25, -0.2) is 9.59 Å². The Morgan fingerprint density at radius 3 is 1.88 bits per heavy atom. The maximum absolute atomic E-state index is 13.2. The van der Waals surface area contributed by atoms with Gasteiger partial charge in [0.1, 0.15) is 0 Å². The molecule has 0 heterocycles. The van der Waals surface area contributed by atoms with Crippen molar-refractivity contribution >= 4 is 11.9 Å². The Balaban J connectivity index is 4.80. The summed E-state index contributed by atoms with van der Waals surface area (Å²) in [7, 11) is 0. The Hall–Kier alpha value is -2.40. The molecule has 6 nitrogen and oxygen atoms in total. The number of ether oxygens (including phenoxy) is 3. The summed E-state index contributed by atoms with van der Waals surface area (Å²) >= 11 is 0. The lowest BCUT2D eigenvalue weighted by Gasteiger charge is -2.28. The summed E-state index contributed by atoms with van der Waals surface area (Å²) in [4.78, 5) is 21.0. The minimum Gasteiger partial charge on any atom is -0.477 e. The summed E-state index contributed by atoms with van der Waals surface area (Å²) in [5, 5.41) is 7.94. The average Bonchev–Trinajstić information content (AvgIpc) is 2.50. The van der Waals surface area contributed by atoms with Gasteiger partial charge in [0.15, 0.2) is 0 Å². The van der Waals surface area contributed by atoms with E-state index in [1.807, 2.05) is 0 Å². The van der Waals surface area contributed by atoms with Gasteiger partial charge < -0.3 is 19.3 Å². The number of alkyl halides is 6. The second-order valence-corrected chi connectivity index (χ2v) is 4.34. The van der Waals surface area contributed by atoms with E-state index in [-0.39, 0.29) is 12.8 Å². The van der Waals surface area contributed by atoms with Crippen LogP contribution in [0.3, 0.4) is 0 Å². The van der Waals surface area contributed by atoms with Crippen molar-refractivity contribution in [3.8, 4) is 0 Å². The van der Waals surface area contributed by atoms with Gasteiger partial charge in [0.05, 0.1) is 19.1 Å². The number of halogens is 6. The van der Waals surface area contributed by atoms with Crippen LogP contribution in [-0.2, 0) is 23.8 Å². The van der Waals surface area contributed by atoms with Gasteiger partial charge >= 0.3 is 29.7 Å². The number of carboxylic acid groups (broad SMARTS) is 1. The summed E-state index contributed by atoms with van der Waals surface area (Å²) in [5.74, 6) is -25.3. The predicted octanol–water partition coefficient (Wildman–Crippen LogP) is 2.95. The number of rotatable bonds is 12. The van der Waals surface area contributed by atoms with Crippen molar-refractivity contribution in [2.24, 2.45) is 0 Å². The lowest BCUT2D eigenvalue weighted by Crippen LogP contribution is -2.61. The predicted molar refractivity (Wildman–Crippen MR) is 69.0 cm³/mol. The van der Waals surface area contributed by atoms with Gasteiger partial charge in [-0.2, -0.15) is 26.3 Å². The molecular formula is C13H14F6O6. The lowest BCUT2D eigenvalue weighted by molar-refractivity contribution is -0.299. The van der Waals surface area contributed by atoms with Gasteiger partial charge in [0.2, 0.25) is 6.29 Å². The molecule has 0 aromatic rings. The van der Waals surface area contributed by atoms with Gasteiger partial charge in [-0.1, -0.05) is 13.2 Å². The number of hydrogen-bond acceptors (Lipinski definition) is 5. The first-order chi connectivity index (χ1) is 11.4. The maximum Gasteiger partial charge on any atom is 0.411 e. The van der Waals surface area contributed by atoms with Gasteiger partial charge in [0, 0.05) is 6.42 Å². The molecule has 0 aliphatic rings. The van der Waals surface area contributed by atoms with Gasteiger partial charge in [-0.15, -0.1) is 0 Å². The summed E-state index contributed by atoms with van der Waals surface area (Å²) < 4.78 is 91.5. The number of aliphatic carboxylic acids is 1. The van der Waals surface area contributed by atoms with Crippen molar-refractivity contribution in [2.75, 3.05) is 6.61 Å². The van der Waals surface area contributed by atoms with Crippen LogP contribution in [0.4, 0.5) is 26.3 Å². The first kappa shape index (κ1) is 22.6. The minimum atomic E-state index is -6.50. The third kappa shape index (κ3) is 5.03. The molecule has 0 bridgehead atoms. The van der Waals surface area contributed by atoms with E-state index < -0.39 is 42.6 Å². The van der Waals surface area contributed by atoms with Crippen LogP contribution < -0.4 is 0 Å². The van der Waals surface area contributed by atoms with Crippen LogP contribution in [-0.4, -0.2) is 47.7 Å². The van der Waals surface area contributed by atoms with E-state index >= 15 is 0 Å². The van der Waals surface area contributed by atoms with E-state index in [2.05, 4.69) is 17.9 Å². The van der Waals surface area contributed by atoms with Crippen molar-refractivity contribution in [1.29, 1.82) is 0 Å². The molecule has 0 atom stereocenters. The molecule has 0 aromatic carbocycles. The molecule has 0 aromatic heterocycles. The molecular weight excluding hydrogens is 366 g/mol. The van der Waals surface area contributed by atoms with Crippen LogP contribution in [0.1, 0.15) is 12.8 Å². The maximum atomic E-state index is 13.2. The molecule has 0 rings (SSSR count). The first-order valence-corrected chi connectivity index (χ1v) is 6.43. The standard InChI is InChI=1S/C13H14F6O6/c1-3-23-8(24-4-2)6-5-7-25-10(22)12(16,17)13(18,19)11(14,15)9(20)21/h3-4,8H,1-2,5-7H2,(H,20,21). The highest BCUT2D eigenvalue weighted by molar-refractivity contribution is 5.83. The molecule has 1 N–H and O–H groups in total. The fraction of sp³-hybridized carbons (Fsp3) is 0.538. The van der Waals surface area contributed by atoms with E-state index in [0.717, 1.165) is 12.5 Å². The van der Waals surface area contributed by atoms with Crippen LogP contribution in [0.25, 0.3) is 0 Å². The molecule has 25 heavy (non-hydrogen) atoms. The highest BCUT2D eigenvalue weighted by Gasteiger charge is 2.79. The number of carboxylic acids is 1. The van der Waals surface area contributed by atoms with Crippen molar-refractivity contribution in [1.82, 2.24) is 0 Å². The summed E-state index contributed by atoms with van der Waals surface area (Å²) in [5.41, 5.74) is 0. The van der Waals surface area contributed by atoms with Gasteiger partial charge in [0.25, 0.3) is 0 Å². The van der Waals surface area contributed by atoms with Gasteiger partial charge in [-0.05, 0) is 6.42 Å². The van der Waals surface area contributed by atoms with Crippen LogP contribution in [0.5, 0.6) is 0 Å². The summed E-state index contributed by atoms with van der Waals surface area (Å²) in [6.07, 6.45) is 0.645. The Labute approximate surface area is 137 Å². The monoisotopic (exact) mass is 380 g/mol. The molecule has 0 fully saturated rings. The fourth-order valence-electron chi connectivity index (χ4n) is 1.35. The minimum absolute atomic E-state index is 0.0848. The Bertz CT molecular complexity index is 497. The largest absolute Gasteiger partial charge is 0.477 e. The lowest BCUT2D eigenvalue weighted by atomic mass is 10.0. The Kier molecular flexibility index (Phi) is 7.80. The third-order valence-corrected chi connectivity index (χ3v) is 2.63. The van der Waals surface area contributed by atoms with E-state index in [4.69, 9.17) is 14.6 Å². The summed E-state index contributed by atoms with van der Waals surface area (Å²) in [6, 6.07) is 0. The van der Waals surface area contributed by atoms with Crippen molar-refractivity contribution in [2.45, 2.75) is 36.9 Å². The topological polar surface area (TPSA) is 82.1 Å². The first-order valence-electron chi connectivity index (χ1n) is 6.43. The SMILES string of the molecule is C=COC(CCCOC(=O)C(F)(F)C(F)(F)C(F)(F)C(=O)O)OC=C. The second kappa shape index (κ2) is 8.62. The molecule has 0 saturated carbocycles. The number of carbonyl (C=O) groups is 2. The Morgan fingerprint density at radius 2 is 1.48 bits per heavy atom. The van der Waals surface area contributed by atoms with Crippen molar-refractivity contribution < 1.29 is 55.2 Å². The second-order valence-electron chi connectivity index (χ2n) is 4.34. The number of esters is 1. The highest BCUT2D eigenvalue weighted by Crippen LogP contribution is 2.46. The van der Waals surface area contributed by atoms with E-state index in [0.29, 0.717) is 0 Å². The molecule has 12 heteroatoms. The molecule has 0 saturated heterocycles. The van der Waals surface area contributed by atoms with E-state index in [1.54, 1.807) is 0 Å².